The van der Waals surface area contributed by atoms with E-state index in [9.17, 15) is 9.90 Å². The van der Waals surface area contributed by atoms with E-state index < -0.39 is 11.5 Å². The number of benzene rings is 3. The van der Waals surface area contributed by atoms with E-state index in [1.165, 1.54) is 5.56 Å². The summed E-state index contributed by atoms with van der Waals surface area (Å²) in [6.45, 7) is 3.84. The molecule has 4 nitrogen and oxygen atoms in total. The number of fused-ring (bicyclic) bond motifs is 1. The number of aryl methyl sites for hydroxylation is 1. The molecule has 3 aromatic rings. The maximum Gasteiger partial charge on any atom is 0.365 e. The first-order valence-corrected chi connectivity index (χ1v) is 9.69. The number of carboxylic acids is 1. The van der Waals surface area contributed by atoms with Gasteiger partial charge in [-0.1, -0.05) is 55.1 Å². The number of aliphatic carboxylic acids is 1. The molecule has 0 amide bonds. The van der Waals surface area contributed by atoms with Crippen molar-refractivity contribution in [3.8, 4) is 22.6 Å². The van der Waals surface area contributed by atoms with Crippen LogP contribution in [-0.4, -0.2) is 16.6 Å². The molecule has 1 atom stereocenters. The monoisotopic (exact) mass is 421 g/mol. The van der Waals surface area contributed by atoms with Gasteiger partial charge in [0.2, 0.25) is 0 Å². The molecule has 3 aromatic carbocycles. The van der Waals surface area contributed by atoms with Crippen LogP contribution in [0.3, 0.4) is 0 Å². The Bertz CT molecular complexity index is 1100. The molecule has 0 heterocycles. The van der Waals surface area contributed by atoms with Gasteiger partial charge in [0.1, 0.15) is 11.5 Å². The summed E-state index contributed by atoms with van der Waals surface area (Å²) < 4.78 is 6.24. The normalized spacial score (nSPS) is 17.4. The molecule has 1 unspecified atom stereocenters. The molecule has 0 saturated carbocycles. The highest BCUT2D eigenvalue weighted by Gasteiger charge is 2.41. The Morgan fingerprint density at radius 3 is 2.63 bits per heavy atom. The number of hydrogen-bond acceptors (Lipinski definition) is 2. The molecule has 0 saturated heterocycles. The fourth-order valence-corrected chi connectivity index (χ4v) is 3.84. The first kappa shape index (κ1) is 21.6. The maximum atomic E-state index is 11.6. The number of quaternary nitrogens is 1. The quantitative estimate of drug-likeness (QED) is 0.653. The van der Waals surface area contributed by atoms with Gasteiger partial charge in [0.05, 0.1) is 0 Å². The molecular weight excluding hydrogens is 398 g/mol. The zero-order valence-corrected chi connectivity index (χ0v) is 17.4. The SMILES string of the molecule is C=Cc1cccc(-c2ccccc2Oc2ccc3c(c2)CC([NH3+])(C(=O)O)CC3)c1.[Cl-]. The molecule has 0 aliphatic heterocycles. The smallest absolute Gasteiger partial charge is 0.365 e. The van der Waals surface area contributed by atoms with Crippen LogP contribution in [0.4, 0.5) is 0 Å². The van der Waals surface area contributed by atoms with E-state index in [1.807, 2.05) is 66.7 Å². The lowest BCUT2D eigenvalue weighted by Crippen LogP contribution is -3.00. The zero-order chi connectivity index (χ0) is 20.4. The van der Waals surface area contributed by atoms with E-state index in [0.29, 0.717) is 18.6 Å². The van der Waals surface area contributed by atoms with Crippen molar-refractivity contribution in [2.75, 3.05) is 0 Å². The number of carbonyl (C=O) groups is 1. The highest BCUT2D eigenvalue weighted by Crippen LogP contribution is 2.36. The van der Waals surface area contributed by atoms with Crippen LogP contribution in [0.25, 0.3) is 17.2 Å². The van der Waals surface area contributed by atoms with E-state index in [0.717, 1.165) is 34.4 Å². The molecule has 0 bridgehead atoms. The average Bonchev–Trinajstić information content (AvgIpc) is 2.74. The molecule has 1 aliphatic rings. The number of ether oxygens (including phenoxy) is 1. The van der Waals surface area contributed by atoms with Gasteiger partial charge in [0, 0.05) is 18.4 Å². The Labute approximate surface area is 182 Å². The molecule has 30 heavy (non-hydrogen) atoms. The van der Waals surface area contributed by atoms with Crippen LogP contribution in [0.1, 0.15) is 23.1 Å². The predicted molar refractivity (Wildman–Crippen MR) is 114 cm³/mol. The highest BCUT2D eigenvalue weighted by atomic mass is 35.5. The second-order valence-electron chi connectivity index (χ2n) is 7.62. The number of para-hydroxylation sites is 1. The fourth-order valence-electron chi connectivity index (χ4n) is 3.84. The van der Waals surface area contributed by atoms with Crippen molar-refractivity contribution in [2.24, 2.45) is 0 Å². The molecule has 5 heteroatoms. The molecule has 0 aromatic heterocycles. The molecule has 0 radical (unpaired) electrons. The van der Waals surface area contributed by atoms with Crippen molar-refractivity contribution in [1.29, 1.82) is 0 Å². The predicted octanol–water partition coefficient (Wildman–Crippen LogP) is 1.35. The minimum absolute atomic E-state index is 0. The zero-order valence-electron chi connectivity index (χ0n) is 16.6. The minimum atomic E-state index is -0.964. The summed E-state index contributed by atoms with van der Waals surface area (Å²) in [5.74, 6) is 0.608. The largest absolute Gasteiger partial charge is 1.00 e. The van der Waals surface area contributed by atoms with E-state index in [4.69, 9.17) is 4.74 Å². The second kappa shape index (κ2) is 8.74. The third-order valence-corrected chi connectivity index (χ3v) is 5.58. The molecule has 4 rings (SSSR count). The van der Waals surface area contributed by atoms with Crippen LogP contribution in [0.5, 0.6) is 11.5 Å². The molecule has 0 fully saturated rings. The molecule has 0 spiro atoms. The van der Waals surface area contributed by atoms with Crippen LogP contribution >= 0.6 is 0 Å². The molecule has 154 valence electrons. The Hall–Kier alpha value is -3.08. The van der Waals surface area contributed by atoms with Crippen LogP contribution in [0.2, 0.25) is 0 Å². The number of rotatable bonds is 5. The lowest BCUT2D eigenvalue weighted by atomic mass is 9.78. The van der Waals surface area contributed by atoms with Gasteiger partial charge in [0.15, 0.2) is 5.54 Å². The van der Waals surface area contributed by atoms with Gasteiger partial charge in [-0.05, 0) is 52.9 Å². The van der Waals surface area contributed by atoms with Crippen molar-refractivity contribution in [1.82, 2.24) is 0 Å². The van der Waals surface area contributed by atoms with Gasteiger partial charge >= 0.3 is 5.97 Å². The van der Waals surface area contributed by atoms with Crippen molar-refractivity contribution >= 4 is 12.0 Å². The molecule has 1 aliphatic carbocycles. The molecule has 4 N–H and O–H groups in total. The van der Waals surface area contributed by atoms with E-state index >= 15 is 0 Å². The van der Waals surface area contributed by atoms with Gasteiger partial charge < -0.3 is 28.0 Å². The average molecular weight is 422 g/mol. The Kier molecular flexibility index (Phi) is 6.30. The maximum absolute atomic E-state index is 11.6. The number of carboxylic acid groups (broad SMARTS) is 1. The van der Waals surface area contributed by atoms with Gasteiger partial charge in [-0.2, -0.15) is 0 Å². The summed E-state index contributed by atoms with van der Waals surface area (Å²) in [4.78, 5) is 11.6. The third-order valence-electron chi connectivity index (χ3n) is 5.58. The minimum Gasteiger partial charge on any atom is -1.00 e. The summed E-state index contributed by atoms with van der Waals surface area (Å²) in [5, 5.41) is 9.53. The number of halogens is 1. The fraction of sp³-hybridized carbons (Fsp3) is 0.160. The molecular formula is C25H24ClNO3. The lowest BCUT2D eigenvalue weighted by molar-refractivity contribution is -0.464. The summed E-state index contributed by atoms with van der Waals surface area (Å²) >= 11 is 0. The van der Waals surface area contributed by atoms with Gasteiger partial charge in [-0.3, -0.25) is 0 Å². The van der Waals surface area contributed by atoms with Gasteiger partial charge in [-0.15, -0.1) is 0 Å². The van der Waals surface area contributed by atoms with Crippen molar-refractivity contribution in [2.45, 2.75) is 24.8 Å². The third kappa shape index (κ3) is 4.25. The van der Waals surface area contributed by atoms with Gasteiger partial charge in [-0.25, -0.2) is 4.79 Å². The summed E-state index contributed by atoms with van der Waals surface area (Å²) in [6, 6.07) is 22.0. The van der Waals surface area contributed by atoms with Crippen LogP contribution in [0, 0.1) is 0 Å². The Morgan fingerprint density at radius 2 is 1.87 bits per heavy atom. The Morgan fingerprint density at radius 1 is 1.07 bits per heavy atom. The first-order valence-electron chi connectivity index (χ1n) is 9.69. The lowest BCUT2D eigenvalue weighted by Gasteiger charge is -2.28. The van der Waals surface area contributed by atoms with Crippen molar-refractivity contribution in [3.63, 3.8) is 0 Å². The summed E-state index contributed by atoms with van der Waals surface area (Å²) in [7, 11) is 0. The standard InChI is InChI=1S/C25H23NO3.ClH/c1-2-17-6-5-7-19(14-17)22-8-3-4-9-23(22)29-21-11-10-18-12-13-25(26,24(27)28)16-20(18)15-21;/h2-11,14-15H,1,12-13,16,26H2,(H,27,28);1H. The van der Waals surface area contributed by atoms with E-state index in [-0.39, 0.29) is 12.4 Å². The number of hydrogen-bond donors (Lipinski definition) is 2. The van der Waals surface area contributed by atoms with Crippen molar-refractivity contribution in [3.05, 3.63) is 90.0 Å². The van der Waals surface area contributed by atoms with E-state index in [2.05, 4.69) is 18.4 Å². The van der Waals surface area contributed by atoms with Crippen LogP contribution < -0.4 is 22.9 Å². The second-order valence-corrected chi connectivity index (χ2v) is 7.62. The Balaban J connectivity index is 0.00000256. The summed E-state index contributed by atoms with van der Waals surface area (Å²) in [5.41, 5.74) is 8.26. The van der Waals surface area contributed by atoms with Gasteiger partial charge in [0.25, 0.3) is 0 Å². The van der Waals surface area contributed by atoms with Crippen LogP contribution in [0.15, 0.2) is 73.3 Å². The van der Waals surface area contributed by atoms with Crippen LogP contribution in [-0.2, 0) is 17.6 Å². The summed E-state index contributed by atoms with van der Waals surface area (Å²) in [6.07, 6.45) is 3.51. The van der Waals surface area contributed by atoms with E-state index in [1.54, 1.807) is 0 Å². The topological polar surface area (TPSA) is 74.2 Å². The first-order chi connectivity index (χ1) is 14.0. The van der Waals surface area contributed by atoms with Crippen molar-refractivity contribution < 1.29 is 32.8 Å². The highest BCUT2D eigenvalue weighted by molar-refractivity contribution is 5.78.